The molecule has 0 fully saturated rings. The molecule has 84 valence electrons. The Balaban J connectivity index is 2.88. The second-order valence-electron chi connectivity index (χ2n) is 4.00. The van der Waals surface area contributed by atoms with Crippen molar-refractivity contribution in [1.29, 1.82) is 0 Å². The smallest absolute Gasteiger partial charge is 0.255 e. The van der Waals surface area contributed by atoms with Gasteiger partial charge in [0.15, 0.2) is 0 Å². The van der Waals surface area contributed by atoms with Crippen LogP contribution < -0.4 is 11.3 Å². The average molecular weight is 216 g/mol. The van der Waals surface area contributed by atoms with Crippen LogP contribution in [0.25, 0.3) is 10.9 Å². The van der Waals surface area contributed by atoms with Gasteiger partial charge < -0.3 is 10.3 Å². The van der Waals surface area contributed by atoms with Crippen LogP contribution in [0, 0.1) is 0 Å². The first kappa shape index (κ1) is 10.9. The van der Waals surface area contributed by atoms with Crippen LogP contribution in [0.5, 0.6) is 0 Å². The molecule has 0 bridgehead atoms. The molecular formula is C13H16N2O. The van der Waals surface area contributed by atoms with Gasteiger partial charge >= 0.3 is 0 Å². The summed E-state index contributed by atoms with van der Waals surface area (Å²) in [5.74, 6) is 0. The van der Waals surface area contributed by atoms with Crippen LogP contribution in [0.2, 0.25) is 0 Å². The van der Waals surface area contributed by atoms with Gasteiger partial charge in [-0.1, -0.05) is 18.2 Å². The molecule has 0 aliphatic heterocycles. The monoisotopic (exact) mass is 216 g/mol. The molecule has 2 rings (SSSR count). The van der Waals surface area contributed by atoms with E-state index < -0.39 is 0 Å². The molecule has 0 saturated carbocycles. The molecule has 16 heavy (non-hydrogen) atoms. The van der Waals surface area contributed by atoms with Crippen LogP contribution in [-0.4, -0.2) is 4.57 Å². The van der Waals surface area contributed by atoms with Gasteiger partial charge in [0.2, 0.25) is 0 Å². The molecule has 1 unspecified atom stereocenters. The van der Waals surface area contributed by atoms with Crippen molar-refractivity contribution in [3.63, 3.8) is 0 Å². The van der Waals surface area contributed by atoms with Crippen molar-refractivity contribution < 1.29 is 0 Å². The van der Waals surface area contributed by atoms with E-state index in [-0.39, 0.29) is 11.6 Å². The van der Waals surface area contributed by atoms with Crippen molar-refractivity contribution in [2.24, 2.45) is 5.73 Å². The molecule has 0 saturated heterocycles. The Morgan fingerprint density at radius 2 is 2.06 bits per heavy atom. The van der Waals surface area contributed by atoms with E-state index in [0.717, 1.165) is 10.9 Å². The third kappa shape index (κ3) is 1.63. The second-order valence-corrected chi connectivity index (χ2v) is 4.00. The van der Waals surface area contributed by atoms with Gasteiger partial charge in [-0.15, -0.1) is 0 Å². The van der Waals surface area contributed by atoms with E-state index in [9.17, 15) is 4.79 Å². The molecule has 2 N–H and O–H groups in total. The molecule has 0 aliphatic carbocycles. The summed E-state index contributed by atoms with van der Waals surface area (Å²) in [6.07, 6.45) is 0. The lowest BCUT2D eigenvalue weighted by molar-refractivity contribution is 0.717. The Kier molecular flexibility index (Phi) is 2.79. The predicted octanol–water partition coefficient (Wildman–Crippen LogP) is 2.04. The number of aromatic nitrogens is 1. The first-order valence-corrected chi connectivity index (χ1v) is 5.53. The van der Waals surface area contributed by atoms with Gasteiger partial charge in [-0.25, -0.2) is 0 Å². The lowest BCUT2D eigenvalue weighted by Gasteiger charge is -2.12. The zero-order chi connectivity index (χ0) is 11.7. The molecule has 0 radical (unpaired) electrons. The van der Waals surface area contributed by atoms with Crippen LogP contribution in [0.1, 0.15) is 25.5 Å². The minimum atomic E-state index is -0.227. The van der Waals surface area contributed by atoms with Crippen LogP contribution >= 0.6 is 0 Å². The number of nitrogens with zero attached hydrogens (tertiary/aromatic N) is 1. The molecule has 3 nitrogen and oxygen atoms in total. The van der Waals surface area contributed by atoms with Crippen molar-refractivity contribution >= 4 is 10.9 Å². The zero-order valence-corrected chi connectivity index (χ0v) is 9.60. The van der Waals surface area contributed by atoms with Gasteiger partial charge in [0.1, 0.15) is 0 Å². The lowest BCUT2D eigenvalue weighted by atomic mass is 10.1. The second kappa shape index (κ2) is 4.10. The van der Waals surface area contributed by atoms with Crippen molar-refractivity contribution in [2.45, 2.75) is 26.4 Å². The van der Waals surface area contributed by atoms with E-state index in [4.69, 9.17) is 5.73 Å². The molecule has 2 aromatic rings. The van der Waals surface area contributed by atoms with Crippen LogP contribution in [0.4, 0.5) is 0 Å². The van der Waals surface area contributed by atoms with Gasteiger partial charge in [-0.3, -0.25) is 4.79 Å². The Bertz CT molecular complexity index is 570. The SMILES string of the molecule is CCn1c(=O)c(C(C)N)cc2ccccc21. The van der Waals surface area contributed by atoms with E-state index >= 15 is 0 Å². The van der Waals surface area contributed by atoms with Gasteiger partial charge in [-0.2, -0.15) is 0 Å². The Morgan fingerprint density at radius 3 is 2.69 bits per heavy atom. The normalized spacial score (nSPS) is 12.9. The van der Waals surface area contributed by atoms with Gasteiger partial charge in [0, 0.05) is 18.2 Å². The van der Waals surface area contributed by atoms with Gasteiger partial charge in [0.25, 0.3) is 5.56 Å². The van der Waals surface area contributed by atoms with Crippen molar-refractivity contribution in [2.75, 3.05) is 0 Å². The molecule has 0 aliphatic rings. The topological polar surface area (TPSA) is 48.0 Å². The Morgan fingerprint density at radius 1 is 1.38 bits per heavy atom. The van der Waals surface area contributed by atoms with E-state index in [1.54, 1.807) is 4.57 Å². The maximum Gasteiger partial charge on any atom is 0.255 e. The molecule has 1 aromatic carbocycles. The number of hydrogen-bond acceptors (Lipinski definition) is 2. The molecule has 1 atom stereocenters. The summed E-state index contributed by atoms with van der Waals surface area (Å²) < 4.78 is 1.77. The van der Waals surface area contributed by atoms with Gasteiger partial charge in [0.05, 0.1) is 5.52 Å². The minimum absolute atomic E-state index is 0.0243. The van der Waals surface area contributed by atoms with Crippen LogP contribution in [0.3, 0.4) is 0 Å². The highest BCUT2D eigenvalue weighted by atomic mass is 16.1. The average Bonchev–Trinajstić information content (AvgIpc) is 2.28. The summed E-state index contributed by atoms with van der Waals surface area (Å²) in [4.78, 5) is 12.1. The fraction of sp³-hybridized carbons (Fsp3) is 0.308. The summed E-state index contributed by atoms with van der Waals surface area (Å²) in [7, 11) is 0. The molecule has 0 amide bonds. The molecule has 1 aromatic heterocycles. The fourth-order valence-electron chi connectivity index (χ4n) is 1.99. The fourth-order valence-corrected chi connectivity index (χ4v) is 1.99. The highest BCUT2D eigenvalue weighted by molar-refractivity contribution is 5.79. The third-order valence-corrected chi connectivity index (χ3v) is 2.84. The van der Waals surface area contributed by atoms with E-state index in [2.05, 4.69) is 0 Å². The number of benzene rings is 1. The molecule has 3 heteroatoms. The number of hydrogen-bond donors (Lipinski definition) is 1. The highest BCUT2D eigenvalue weighted by Crippen LogP contribution is 2.15. The summed E-state index contributed by atoms with van der Waals surface area (Å²) in [5, 5.41) is 1.07. The maximum atomic E-state index is 12.1. The third-order valence-electron chi connectivity index (χ3n) is 2.84. The van der Waals surface area contributed by atoms with Crippen molar-refractivity contribution in [1.82, 2.24) is 4.57 Å². The first-order valence-electron chi connectivity index (χ1n) is 5.53. The number of fused-ring (bicyclic) bond motifs is 1. The number of rotatable bonds is 2. The molecular weight excluding hydrogens is 200 g/mol. The van der Waals surface area contributed by atoms with Gasteiger partial charge in [-0.05, 0) is 31.4 Å². The summed E-state index contributed by atoms with van der Waals surface area (Å²) in [6, 6.07) is 9.55. The van der Waals surface area contributed by atoms with Crippen molar-refractivity contribution in [3.05, 3.63) is 46.2 Å². The highest BCUT2D eigenvalue weighted by Gasteiger charge is 2.10. The predicted molar refractivity (Wildman–Crippen MR) is 66.5 cm³/mol. The number of pyridine rings is 1. The summed E-state index contributed by atoms with van der Waals surface area (Å²) >= 11 is 0. The molecule has 1 heterocycles. The largest absolute Gasteiger partial charge is 0.324 e. The standard InChI is InChI=1S/C13H16N2O/c1-3-15-12-7-5-4-6-10(12)8-11(9(2)14)13(15)16/h4-9H,3,14H2,1-2H3. The van der Waals surface area contributed by atoms with E-state index in [0.29, 0.717) is 12.1 Å². The molecule has 0 spiro atoms. The number of nitrogens with two attached hydrogens (primary N) is 1. The van der Waals surface area contributed by atoms with E-state index in [1.807, 2.05) is 44.2 Å². The van der Waals surface area contributed by atoms with Crippen LogP contribution in [0.15, 0.2) is 35.1 Å². The zero-order valence-electron chi connectivity index (χ0n) is 9.60. The Hall–Kier alpha value is -1.61. The Labute approximate surface area is 94.5 Å². The van der Waals surface area contributed by atoms with Crippen LogP contribution in [-0.2, 0) is 6.54 Å². The summed E-state index contributed by atoms with van der Waals surface area (Å²) in [5.41, 5.74) is 7.49. The lowest BCUT2D eigenvalue weighted by Crippen LogP contribution is -2.26. The maximum absolute atomic E-state index is 12.1. The first-order chi connectivity index (χ1) is 7.65. The minimum Gasteiger partial charge on any atom is -0.324 e. The van der Waals surface area contributed by atoms with Crippen molar-refractivity contribution in [3.8, 4) is 0 Å². The summed E-state index contributed by atoms with van der Waals surface area (Å²) in [6.45, 7) is 4.48. The number of aryl methyl sites for hydroxylation is 1. The number of para-hydroxylation sites is 1. The quantitative estimate of drug-likeness (QED) is 0.835. The van der Waals surface area contributed by atoms with E-state index in [1.165, 1.54) is 0 Å².